The second-order valence-corrected chi connectivity index (χ2v) is 11.0. The van der Waals surface area contributed by atoms with Crippen molar-refractivity contribution in [2.45, 2.75) is 49.6 Å². The van der Waals surface area contributed by atoms with Gasteiger partial charge >= 0.3 is 5.92 Å². The molecule has 6 rings (SSSR count). The Labute approximate surface area is 231 Å². The van der Waals surface area contributed by atoms with E-state index in [0.29, 0.717) is 29.4 Å². The van der Waals surface area contributed by atoms with Gasteiger partial charge in [0.1, 0.15) is 5.02 Å². The zero-order valence-electron chi connectivity index (χ0n) is 21.4. The SMILES string of the molecule is Cn1c(=O)c2c(c3cc(Nc4nc(N5CCC(F)(F)CC5CO)ncc4Cl)ccc31)N[C@@H](C1CC1)C(F)(F)CO2. The number of pyridine rings is 1. The number of ether oxygens (including phenoxy) is 1. The van der Waals surface area contributed by atoms with Crippen LogP contribution < -0.4 is 25.8 Å². The third-order valence-corrected chi connectivity index (χ3v) is 8.04. The van der Waals surface area contributed by atoms with E-state index in [9.17, 15) is 27.5 Å². The van der Waals surface area contributed by atoms with Gasteiger partial charge in [0.2, 0.25) is 11.7 Å². The predicted octanol–water partition coefficient (Wildman–Crippen LogP) is 4.54. The molecule has 0 spiro atoms. The first kappa shape index (κ1) is 26.9. The van der Waals surface area contributed by atoms with Gasteiger partial charge in [-0.25, -0.2) is 22.5 Å². The minimum Gasteiger partial charge on any atom is -0.480 e. The molecule has 3 aromatic rings. The quantitative estimate of drug-likeness (QED) is 0.377. The van der Waals surface area contributed by atoms with E-state index in [2.05, 4.69) is 20.6 Å². The number of nitrogens with one attached hydrogen (secondary N) is 2. The van der Waals surface area contributed by atoms with Crippen LogP contribution in [0.15, 0.2) is 29.2 Å². The van der Waals surface area contributed by atoms with Crippen molar-refractivity contribution in [3.8, 4) is 5.75 Å². The van der Waals surface area contributed by atoms with Crippen LogP contribution in [0, 0.1) is 5.92 Å². The van der Waals surface area contributed by atoms with Crippen LogP contribution in [0.2, 0.25) is 5.02 Å². The molecule has 0 bridgehead atoms. The first-order valence-corrected chi connectivity index (χ1v) is 13.3. The summed E-state index contributed by atoms with van der Waals surface area (Å²) < 4.78 is 64.4. The standard InChI is InChI=1S/C26H27ClF4N6O3/c1-36-18-5-4-14(8-16(18)19-20(23(36)39)40-12-26(30,31)21(34-19)13-2-3-13)33-22-17(27)10-32-24(35-22)37-7-6-25(28,29)9-15(37)11-38/h4-5,8,10,13,15,21,34,38H,2-3,6-7,9,11-12H2,1H3,(H,32,33,35)/t15?,21-/m0/s1. The summed E-state index contributed by atoms with van der Waals surface area (Å²) in [6.45, 7) is -1.44. The molecule has 3 N–H and O–H groups in total. The van der Waals surface area contributed by atoms with Crippen molar-refractivity contribution < 1.29 is 27.4 Å². The van der Waals surface area contributed by atoms with Crippen LogP contribution >= 0.6 is 11.6 Å². The molecule has 40 heavy (non-hydrogen) atoms. The summed E-state index contributed by atoms with van der Waals surface area (Å²) in [4.78, 5) is 23.2. The molecule has 2 aromatic heterocycles. The number of aromatic nitrogens is 3. The normalized spacial score (nSPS) is 23.6. The number of piperidine rings is 1. The maximum Gasteiger partial charge on any atom is 0.301 e. The van der Waals surface area contributed by atoms with Gasteiger partial charge in [0.15, 0.2) is 12.4 Å². The smallest absolute Gasteiger partial charge is 0.301 e. The molecule has 14 heteroatoms. The molecule has 2 atom stereocenters. The van der Waals surface area contributed by atoms with Crippen molar-refractivity contribution in [1.82, 2.24) is 14.5 Å². The number of hydrogen-bond donors (Lipinski definition) is 3. The fourth-order valence-corrected chi connectivity index (χ4v) is 5.60. The van der Waals surface area contributed by atoms with Gasteiger partial charge in [0.05, 0.1) is 36.1 Å². The lowest BCUT2D eigenvalue weighted by Gasteiger charge is -2.38. The van der Waals surface area contributed by atoms with Crippen molar-refractivity contribution in [3.63, 3.8) is 0 Å². The summed E-state index contributed by atoms with van der Waals surface area (Å²) in [5.74, 6) is -6.13. The highest BCUT2D eigenvalue weighted by molar-refractivity contribution is 6.33. The topological polar surface area (TPSA) is 105 Å². The van der Waals surface area contributed by atoms with Crippen LogP contribution in [-0.4, -0.2) is 63.3 Å². The molecule has 2 aliphatic heterocycles. The summed E-state index contributed by atoms with van der Waals surface area (Å²) in [5.41, 5.74) is 0.645. The fraction of sp³-hybridized carbons (Fsp3) is 0.500. The van der Waals surface area contributed by atoms with Gasteiger partial charge in [-0.15, -0.1) is 0 Å². The number of halogens is 5. The number of nitrogens with zero attached hydrogens (tertiary/aromatic N) is 4. The third kappa shape index (κ3) is 4.78. The number of rotatable bonds is 5. The molecule has 3 aliphatic rings. The predicted molar refractivity (Wildman–Crippen MR) is 142 cm³/mol. The Kier molecular flexibility index (Phi) is 6.49. The molecule has 4 heterocycles. The van der Waals surface area contributed by atoms with Crippen molar-refractivity contribution in [2.24, 2.45) is 13.0 Å². The molecule has 214 valence electrons. The number of fused-ring (bicyclic) bond motifs is 3. The maximum absolute atomic E-state index is 14.9. The average Bonchev–Trinajstić information content (AvgIpc) is 3.75. The van der Waals surface area contributed by atoms with Gasteiger partial charge in [0, 0.05) is 37.5 Å². The average molecular weight is 583 g/mol. The molecule has 0 amide bonds. The van der Waals surface area contributed by atoms with Crippen molar-refractivity contribution in [2.75, 3.05) is 35.3 Å². The monoisotopic (exact) mass is 582 g/mol. The van der Waals surface area contributed by atoms with Gasteiger partial charge in [0.25, 0.3) is 11.5 Å². The van der Waals surface area contributed by atoms with E-state index in [4.69, 9.17) is 16.3 Å². The number of benzene rings is 1. The highest BCUT2D eigenvalue weighted by atomic mass is 35.5. The Morgan fingerprint density at radius 3 is 2.77 bits per heavy atom. The lowest BCUT2D eigenvalue weighted by atomic mass is 9.99. The van der Waals surface area contributed by atoms with E-state index < -0.39 is 55.5 Å². The van der Waals surface area contributed by atoms with Crippen molar-refractivity contribution >= 4 is 45.6 Å². The zero-order chi connectivity index (χ0) is 28.4. The Hall–Kier alpha value is -3.32. The van der Waals surface area contributed by atoms with Crippen LogP contribution in [0.4, 0.5) is 40.7 Å². The first-order valence-electron chi connectivity index (χ1n) is 13.0. The Morgan fingerprint density at radius 2 is 2.05 bits per heavy atom. The lowest BCUT2D eigenvalue weighted by Crippen LogP contribution is -2.49. The van der Waals surface area contributed by atoms with Gasteiger partial charge in [-0.05, 0) is 37.0 Å². The van der Waals surface area contributed by atoms with Crippen molar-refractivity contribution in [3.05, 3.63) is 39.8 Å². The van der Waals surface area contributed by atoms with E-state index >= 15 is 0 Å². The summed E-state index contributed by atoms with van der Waals surface area (Å²) in [5, 5.41) is 16.4. The number of aryl methyl sites for hydroxylation is 1. The highest BCUT2D eigenvalue weighted by Crippen LogP contribution is 2.45. The Balaban J connectivity index is 1.37. The second kappa shape index (κ2) is 9.65. The van der Waals surface area contributed by atoms with Crippen molar-refractivity contribution in [1.29, 1.82) is 0 Å². The van der Waals surface area contributed by atoms with Crippen LogP contribution in [0.25, 0.3) is 10.9 Å². The molecular formula is C26H27ClF4N6O3. The van der Waals surface area contributed by atoms with Crippen LogP contribution in [0.1, 0.15) is 25.7 Å². The zero-order valence-corrected chi connectivity index (χ0v) is 22.2. The summed E-state index contributed by atoms with van der Waals surface area (Å²) in [6.07, 6.45) is 1.74. The van der Waals surface area contributed by atoms with E-state index in [-0.39, 0.29) is 40.7 Å². The molecular weight excluding hydrogens is 556 g/mol. The molecule has 1 aromatic carbocycles. The molecule has 9 nitrogen and oxygen atoms in total. The van der Waals surface area contributed by atoms with Crippen LogP contribution in [0.3, 0.4) is 0 Å². The van der Waals surface area contributed by atoms with E-state index in [1.807, 2.05) is 0 Å². The van der Waals surface area contributed by atoms with Crippen LogP contribution in [-0.2, 0) is 7.05 Å². The highest BCUT2D eigenvalue weighted by Gasteiger charge is 2.51. The fourth-order valence-electron chi connectivity index (χ4n) is 5.46. The van der Waals surface area contributed by atoms with Gasteiger partial charge in [-0.3, -0.25) is 4.79 Å². The summed E-state index contributed by atoms with van der Waals surface area (Å²) >= 11 is 6.36. The number of aliphatic hydroxyl groups is 1. The second-order valence-electron chi connectivity index (χ2n) is 10.6. The van der Waals surface area contributed by atoms with E-state index in [1.165, 1.54) is 22.7 Å². The number of anilines is 4. The largest absolute Gasteiger partial charge is 0.480 e. The molecule has 1 saturated heterocycles. The van der Waals surface area contributed by atoms with Gasteiger partial charge < -0.3 is 29.9 Å². The molecule has 1 saturated carbocycles. The number of alkyl halides is 4. The molecule has 1 unspecified atom stereocenters. The lowest BCUT2D eigenvalue weighted by molar-refractivity contribution is -0.0579. The molecule has 2 fully saturated rings. The summed E-state index contributed by atoms with van der Waals surface area (Å²) in [6, 6.07) is 2.98. The van der Waals surface area contributed by atoms with Gasteiger partial charge in [-0.2, -0.15) is 4.98 Å². The Morgan fingerprint density at radius 1 is 1.27 bits per heavy atom. The molecule has 0 radical (unpaired) electrons. The van der Waals surface area contributed by atoms with E-state index in [1.54, 1.807) is 18.2 Å². The molecule has 1 aliphatic carbocycles. The first-order chi connectivity index (χ1) is 19.0. The minimum absolute atomic E-state index is 0.0477. The summed E-state index contributed by atoms with van der Waals surface area (Å²) in [7, 11) is 1.54. The van der Waals surface area contributed by atoms with Crippen LogP contribution in [0.5, 0.6) is 5.75 Å². The van der Waals surface area contributed by atoms with Gasteiger partial charge in [-0.1, -0.05) is 11.6 Å². The minimum atomic E-state index is -3.16. The Bertz CT molecular complexity index is 1530. The third-order valence-electron chi connectivity index (χ3n) is 7.77. The number of hydrogen-bond acceptors (Lipinski definition) is 8. The van der Waals surface area contributed by atoms with E-state index in [0.717, 1.165) is 0 Å². The maximum atomic E-state index is 14.9. The number of aliphatic hydroxyl groups excluding tert-OH is 1.